The van der Waals surface area contributed by atoms with Gasteiger partial charge in [0.25, 0.3) is 0 Å². The zero-order valence-electron chi connectivity index (χ0n) is 24.4. The zero-order valence-corrected chi connectivity index (χ0v) is 24.4. The molecule has 1 aromatic carbocycles. The summed E-state index contributed by atoms with van der Waals surface area (Å²) < 4.78 is 6.35. The highest BCUT2D eigenvalue weighted by Gasteiger charge is 2.45. The molecule has 3 atom stereocenters. The van der Waals surface area contributed by atoms with Crippen LogP contribution >= 0.6 is 0 Å². The fourth-order valence-corrected chi connectivity index (χ4v) is 7.49. The molecule has 0 N–H and O–H groups in total. The molecule has 3 aliphatic heterocycles. The maximum atomic E-state index is 12.6. The van der Waals surface area contributed by atoms with Gasteiger partial charge >= 0.3 is 6.01 Å². The third-order valence-corrected chi connectivity index (χ3v) is 9.81. The lowest BCUT2D eigenvalue weighted by Crippen LogP contribution is -2.57. The lowest BCUT2D eigenvalue weighted by molar-refractivity contribution is -0.128. The number of rotatable bonds is 6. The molecule has 0 saturated carbocycles. The van der Waals surface area contributed by atoms with Gasteiger partial charge in [-0.1, -0.05) is 30.8 Å². The van der Waals surface area contributed by atoms with Crippen molar-refractivity contribution in [2.75, 3.05) is 58.3 Å². The first-order chi connectivity index (χ1) is 19.9. The van der Waals surface area contributed by atoms with E-state index in [0.29, 0.717) is 38.3 Å². The predicted molar refractivity (Wildman–Crippen MR) is 159 cm³/mol. The van der Waals surface area contributed by atoms with Gasteiger partial charge in [0, 0.05) is 44.2 Å². The van der Waals surface area contributed by atoms with E-state index in [1.165, 1.54) is 23.6 Å². The van der Waals surface area contributed by atoms with Gasteiger partial charge in [0.15, 0.2) is 0 Å². The Labute approximate surface area is 243 Å². The predicted octanol–water partition coefficient (Wildman–Crippen LogP) is 3.29. The molecule has 1 aliphatic carbocycles. The van der Waals surface area contributed by atoms with Gasteiger partial charge in [-0.15, -0.1) is 0 Å². The highest BCUT2D eigenvalue weighted by molar-refractivity contribution is 5.87. The number of likely N-dealkylation sites (tertiary alicyclic amines) is 1. The summed E-state index contributed by atoms with van der Waals surface area (Å²) in [6.45, 7) is 15.6. The topological polar surface area (TPSA) is 69.4 Å². The molecule has 9 heteroatoms. The number of ether oxygens (including phenoxy) is 1. The van der Waals surface area contributed by atoms with Crippen LogP contribution in [0.25, 0.3) is 4.85 Å². The third kappa shape index (κ3) is 5.08. The summed E-state index contributed by atoms with van der Waals surface area (Å²) in [5, 5.41) is 0. The summed E-state index contributed by atoms with van der Waals surface area (Å²) in [6, 6.07) is 9.49. The number of carbonyl (C=O) groups excluding carboxylic acids is 1. The quantitative estimate of drug-likeness (QED) is 0.400. The van der Waals surface area contributed by atoms with E-state index in [1.54, 1.807) is 4.90 Å². The normalized spacial score (nSPS) is 26.4. The van der Waals surface area contributed by atoms with E-state index in [0.717, 1.165) is 62.3 Å². The Hall–Kier alpha value is -3.48. The van der Waals surface area contributed by atoms with Gasteiger partial charge in [-0.25, -0.2) is 6.57 Å². The van der Waals surface area contributed by atoms with E-state index in [1.807, 2.05) is 0 Å². The van der Waals surface area contributed by atoms with E-state index in [4.69, 9.17) is 21.3 Å². The average molecular weight is 556 g/mol. The Morgan fingerprint density at radius 3 is 2.83 bits per heavy atom. The minimum Gasteiger partial charge on any atom is -0.462 e. The van der Waals surface area contributed by atoms with Crippen LogP contribution < -0.4 is 9.64 Å². The van der Waals surface area contributed by atoms with Gasteiger partial charge in [-0.05, 0) is 69.9 Å². The Kier molecular flexibility index (Phi) is 7.71. The van der Waals surface area contributed by atoms with Crippen molar-refractivity contribution < 1.29 is 9.53 Å². The molecule has 216 valence electrons. The molecule has 0 radical (unpaired) electrons. The van der Waals surface area contributed by atoms with Crippen LogP contribution in [0.5, 0.6) is 6.01 Å². The van der Waals surface area contributed by atoms with Crippen molar-refractivity contribution in [3.63, 3.8) is 0 Å². The van der Waals surface area contributed by atoms with Crippen molar-refractivity contribution in [2.24, 2.45) is 0 Å². The van der Waals surface area contributed by atoms with Gasteiger partial charge in [-0.2, -0.15) is 9.97 Å². The lowest BCUT2D eigenvalue weighted by atomic mass is 9.71. The number of piperazine rings is 1. The van der Waals surface area contributed by atoms with Gasteiger partial charge in [-0.3, -0.25) is 9.69 Å². The number of hydrogen-bond donors (Lipinski definition) is 0. The lowest BCUT2D eigenvalue weighted by Gasteiger charge is -2.50. The molecule has 41 heavy (non-hydrogen) atoms. The minimum atomic E-state index is -0.216. The van der Waals surface area contributed by atoms with Crippen LogP contribution in [0.4, 0.5) is 5.82 Å². The molecule has 1 unspecified atom stereocenters. The van der Waals surface area contributed by atoms with E-state index in [9.17, 15) is 4.79 Å². The van der Waals surface area contributed by atoms with Crippen molar-refractivity contribution >= 4 is 11.7 Å². The van der Waals surface area contributed by atoms with Crippen LogP contribution in [0, 0.1) is 6.57 Å². The third-order valence-electron chi connectivity index (χ3n) is 9.81. The number of fused-ring (bicyclic) bond motifs is 3. The van der Waals surface area contributed by atoms with Crippen LogP contribution in [0.2, 0.25) is 0 Å². The van der Waals surface area contributed by atoms with Crippen LogP contribution in [-0.2, 0) is 29.7 Å². The highest BCUT2D eigenvalue weighted by Crippen LogP contribution is 2.47. The number of aryl methyl sites for hydroxylation is 1. The number of likely N-dealkylation sites (N-methyl/N-ethyl adjacent to an activating group) is 2. The number of hydrogen-bond acceptors (Lipinski definition) is 7. The highest BCUT2D eigenvalue weighted by atomic mass is 16.5. The molecule has 1 amide bonds. The molecule has 4 heterocycles. The first-order valence-corrected chi connectivity index (χ1v) is 15.0. The van der Waals surface area contributed by atoms with E-state index in [2.05, 4.69) is 64.5 Å². The maximum absolute atomic E-state index is 12.6. The summed E-state index contributed by atoms with van der Waals surface area (Å²) in [4.78, 5) is 35.2. The second-order valence-electron chi connectivity index (χ2n) is 12.1. The summed E-state index contributed by atoms with van der Waals surface area (Å²) >= 11 is 0. The summed E-state index contributed by atoms with van der Waals surface area (Å²) in [6.07, 6.45) is 7.84. The summed E-state index contributed by atoms with van der Waals surface area (Å²) in [5.41, 5.74) is 4.96. The fraction of sp³-hybridized carbons (Fsp3) is 0.562. The molecular formula is C32H41N7O2. The molecule has 1 spiro atoms. The second kappa shape index (κ2) is 11.4. The number of anilines is 1. The number of amides is 1. The molecule has 1 aromatic heterocycles. The van der Waals surface area contributed by atoms with Gasteiger partial charge in [0.05, 0.1) is 11.2 Å². The Morgan fingerprint density at radius 2 is 2.05 bits per heavy atom. The van der Waals surface area contributed by atoms with E-state index in [-0.39, 0.29) is 24.0 Å². The SMILES string of the molecule is [C-]#[N+]C[C@H]1CN(c2nc(OC[C@@H]3CCCN3C)nc3c2CN(C)C2(CCCc4ccccc42)C3)CCN1C(=O)C=C. The first-order valence-electron chi connectivity index (χ1n) is 15.0. The van der Waals surface area contributed by atoms with E-state index < -0.39 is 0 Å². The Bertz CT molecular complexity index is 1360. The summed E-state index contributed by atoms with van der Waals surface area (Å²) in [5.74, 6) is 0.765. The number of aromatic nitrogens is 2. The van der Waals surface area contributed by atoms with E-state index >= 15 is 0 Å². The monoisotopic (exact) mass is 555 g/mol. The van der Waals surface area contributed by atoms with Crippen molar-refractivity contribution in [3.8, 4) is 6.01 Å². The number of nitrogens with zero attached hydrogens (tertiary/aromatic N) is 7. The summed E-state index contributed by atoms with van der Waals surface area (Å²) in [7, 11) is 4.39. The largest absolute Gasteiger partial charge is 0.462 e. The fourth-order valence-electron chi connectivity index (χ4n) is 7.49. The Balaban J connectivity index is 1.37. The number of benzene rings is 1. The molecular weight excluding hydrogens is 514 g/mol. The van der Waals surface area contributed by atoms with Crippen molar-refractivity contribution in [3.05, 3.63) is 70.7 Å². The minimum absolute atomic E-state index is 0.0991. The van der Waals surface area contributed by atoms with Crippen molar-refractivity contribution in [1.82, 2.24) is 24.7 Å². The zero-order chi connectivity index (χ0) is 28.6. The Morgan fingerprint density at radius 1 is 1.20 bits per heavy atom. The first kappa shape index (κ1) is 27.7. The van der Waals surface area contributed by atoms with Crippen molar-refractivity contribution in [2.45, 2.75) is 62.7 Å². The number of carbonyl (C=O) groups is 1. The molecule has 6 rings (SSSR count). The second-order valence-corrected chi connectivity index (χ2v) is 12.1. The molecule has 0 bridgehead atoms. The molecule has 2 aromatic rings. The van der Waals surface area contributed by atoms with Crippen LogP contribution in [-0.4, -0.2) is 96.1 Å². The van der Waals surface area contributed by atoms with Gasteiger partial charge < -0.3 is 24.3 Å². The average Bonchev–Trinajstić information content (AvgIpc) is 3.40. The van der Waals surface area contributed by atoms with Crippen LogP contribution in [0.15, 0.2) is 36.9 Å². The maximum Gasteiger partial charge on any atom is 0.318 e. The van der Waals surface area contributed by atoms with Crippen molar-refractivity contribution in [1.29, 1.82) is 0 Å². The van der Waals surface area contributed by atoms with Gasteiger partial charge in [0.2, 0.25) is 12.5 Å². The van der Waals surface area contributed by atoms with Gasteiger partial charge in [0.1, 0.15) is 18.5 Å². The van der Waals surface area contributed by atoms with Crippen LogP contribution in [0.1, 0.15) is 48.1 Å². The molecule has 4 aliphatic rings. The van der Waals surface area contributed by atoms with Crippen LogP contribution in [0.3, 0.4) is 0 Å². The smallest absolute Gasteiger partial charge is 0.318 e. The molecule has 2 fully saturated rings. The molecule has 2 saturated heterocycles. The molecule has 9 nitrogen and oxygen atoms in total. The standard InChI is InChI=1S/C32H41N7O2/c1-5-29(40)39-17-16-38(20-25(39)19-33-2)30-26-21-37(4)32(14-8-11-23-10-6-7-13-27(23)32)18-28(26)34-31(35-30)41-22-24-12-9-15-36(24)3/h5-7,10,13,24-25H,1,8-9,11-12,14-22H2,3-4H3/t24-,25-,32?/m0/s1.